The van der Waals surface area contributed by atoms with Crippen molar-refractivity contribution in [3.63, 3.8) is 0 Å². The minimum Gasteiger partial charge on any atom is -0.493 e. The summed E-state index contributed by atoms with van der Waals surface area (Å²) in [6.07, 6.45) is 2.20. The van der Waals surface area contributed by atoms with Crippen LogP contribution in [0.1, 0.15) is 43.7 Å². The summed E-state index contributed by atoms with van der Waals surface area (Å²) in [5, 5.41) is 1.04. The molecule has 0 aliphatic heterocycles. The van der Waals surface area contributed by atoms with E-state index in [-0.39, 0.29) is 0 Å². The van der Waals surface area contributed by atoms with Crippen molar-refractivity contribution in [2.24, 2.45) is 0 Å². The highest BCUT2D eigenvalue weighted by Crippen LogP contribution is 2.30. The molecule has 0 aliphatic carbocycles. The van der Waals surface area contributed by atoms with Gasteiger partial charge in [0.15, 0.2) is 0 Å². The number of halogens is 1. The third-order valence-electron chi connectivity index (χ3n) is 2.70. The molecule has 1 atom stereocenters. The van der Waals surface area contributed by atoms with Gasteiger partial charge in [0.05, 0.1) is 6.61 Å². The van der Waals surface area contributed by atoms with Crippen LogP contribution in [0.2, 0.25) is 0 Å². The van der Waals surface area contributed by atoms with Gasteiger partial charge in [0.2, 0.25) is 0 Å². The summed E-state index contributed by atoms with van der Waals surface area (Å²) < 4.78 is 5.79. The molecule has 1 aromatic rings. The first-order valence-electron chi connectivity index (χ1n) is 5.98. The number of hydrogen-bond acceptors (Lipinski definition) is 1. The maximum atomic E-state index is 5.79. The fraction of sp³-hybridized carbons (Fsp3) is 0.571. The predicted octanol–water partition coefficient (Wildman–Crippen LogP) is 4.67. The molecule has 0 N–H and O–H groups in total. The summed E-state index contributed by atoms with van der Waals surface area (Å²) in [4.78, 5) is 0. The van der Waals surface area contributed by atoms with Gasteiger partial charge in [-0.2, -0.15) is 0 Å². The highest BCUT2D eigenvalue weighted by atomic mass is 79.9. The van der Waals surface area contributed by atoms with Gasteiger partial charge < -0.3 is 4.74 Å². The van der Waals surface area contributed by atoms with Crippen LogP contribution < -0.4 is 4.74 Å². The molecule has 0 radical (unpaired) electrons. The minimum absolute atomic E-state index is 0.547. The molecule has 0 saturated heterocycles. The van der Waals surface area contributed by atoms with Gasteiger partial charge in [-0.25, -0.2) is 0 Å². The normalized spacial score (nSPS) is 12.5. The van der Waals surface area contributed by atoms with Crippen molar-refractivity contribution in [2.45, 2.75) is 39.5 Å². The maximum Gasteiger partial charge on any atom is 0.122 e. The lowest BCUT2D eigenvalue weighted by Crippen LogP contribution is -2.02. The fourth-order valence-corrected chi connectivity index (χ4v) is 2.40. The number of rotatable bonds is 6. The van der Waals surface area contributed by atoms with E-state index in [0.717, 1.165) is 30.5 Å². The quantitative estimate of drug-likeness (QED) is 0.690. The summed E-state index contributed by atoms with van der Waals surface area (Å²) in [7, 11) is 0. The number of alkyl halides is 1. The average molecular weight is 285 g/mol. The maximum absolute atomic E-state index is 5.79. The van der Waals surface area contributed by atoms with E-state index in [1.54, 1.807) is 0 Å². The molecular formula is C14H21BrO. The second-order valence-electron chi connectivity index (χ2n) is 4.27. The Morgan fingerprint density at radius 1 is 1.38 bits per heavy atom. The molecule has 1 nitrogen and oxygen atoms in total. The van der Waals surface area contributed by atoms with Crippen molar-refractivity contribution in [1.29, 1.82) is 0 Å². The number of aryl methyl sites for hydroxylation is 1. The van der Waals surface area contributed by atoms with Crippen molar-refractivity contribution < 1.29 is 4.74 Å². The van der Waals surface area contributed by atoms with Crippen LogP contribution in [0, 0.1) is 6.92 Å². The molecule has 0 saturated carbocycles. The predicted molar refractivity (Wildman–Crippen MR) is 73.8 cm³/mol. The van der Waals surface area contributed by atoms with Gasteiger partial charge in [-0.15, -0.1) is 0 Å². The number of hydrogen-bond donors (Lipinski definition) is 0. The number of ether oxygens (including phenoxy) is 1. The lowest BCUT2D eigenvalue weighted by atomic mass is 9.96. The standard InChI is InChI=1S/C14H21BrO/c1-4-9-16-14-6-5-11(2)10-13(14)12(3)7-8-15/h5-6,10,12H,4,7-9H2,1-3H3. The van der Waals surface area contributed by atoms with Crippen molar-refractivity contribution in [3.05, 3.63) is 29.3 Å². The first-order valence-corrected chi connectivity index (χ1v) is 7.10. The van der Waals surface area contributed by atoms with E-state index in [4.69, 9.17) is 4.74 Å². The van der Waals surface area contributed by atoms with Crippen LogP contribution in [-0.2, 0) is 0 Å². The second-order valence-corrected chi connectivity index (χ2v) is 5.06. The van der Waals surface area contributed by atoms with E-state index in [0.29, 0.717) is 5.92 Å². The van der Waals surface area contributed by atoms with Gasteiger partial charge in [0, 0.05) is 5.33 Å². The Morgan fingerprint density at radius 2 is 2.12 bits per heavy atom. The van der Waals surface area contributed by atoms with Crippen molar-refractivity contribution >= 4 is 15.9 Å². The molecule has 0 aromatic heterocycles. The van der Waals surface area contributed by atoms with Gasteiger partial charge in [-0.3, -0.25) is 0 Å². The molecule has 1 unspecified atom stereocenters. The first kappa shape index (κ1) is 13.6. The van der Waals surface area contributed by atoms with Gasteiger partial charge >= 0.3 is 0 Å². The molecule has 0 aliphatic rings. The minimum atomic E-state index is 0.547. The van der Waals surface area contributed by atoms with Crippen molar-refractivity contribution in [2.75, 3.05) is 11.9 Å². The third-order valence-corrected chi connectivity index (χ3v) is 3.16. The molecule has 1 rings (SSSR count). The summed E-state index contributed by atoms with van der Waals surface area (Å²) >= 11 is 3.50. The molecule has 1 aromatic carbocycles. The largest absolute Gasteiger partial charge is 0.493 e. The van der Waals surface area contributed by atoms with Gasteiger partial charge in [0.25, 0.3) is 0 Å². The highest BCUT2D eigenvalue weighted by Gasteiger charge is 2.11. The van der Waals surface area contributed by atoms with E-state index < -0.39 is 0 Å². The zero-order valence-corrected chi connectivity index (χ0v) is 12.0. The van der Waals surface area contributed by atoms with Gasteiger partial charge in [-0.05, 0) is 37.3 Å². The topological polar surface area (TPSA) is 9.23 Å². The van der Waals surface area contributed by atoms with Crippen LogP contribution in [-0.4, -0.2) is 11.9 Å². The van der Waals surface area contributed by atoms with Crippen LogP contribution >= 0.6 is 15.9 Å². The second kappa shape index (κ2) is 6.95. The van der Waals surface area contributed by atoms with Gasteiger partial charge in [-0.1, -0.05) is 47.5 Å². The molecule has 0 fully saturated rings. The Bertz CT molecular complexity index is 323. The monoisotopic (exact) mass is 284 g/mol. The molecule has 0 heterocycles. The van der Waals surface area contributed by atoms with Crippen LogP contribution in [0.15, 0.2) is 18.2 Å². The Morgan fingerprint density at radius 3 is 2.75 bits per heavy atom. The van der Waals surface area contributed by atoms with Crippen LogP contribution in [0.25, 0.3) is 0 Å². The van der Waals surface area contributed by atoms with E-state index in [2.05, 4.69) is 54.9 Å². The van der Waals surface area contributed by atoms with Crippen molar-refractivity contribution in [1.82, 2.24) is 0 Å². The smallest absolute Gasteiger partial charge is 0.122 e. The van der Waals surface area contributed by atoms with Crippen molar-refractivity contribution in [3.8, 4) is 5.75 Å². The van der Waals surface area contributed by atoms with Crippen LogP contribution in [0.3, 0.4) is 0 Å². The summed E-state index contributed by atoms with van der Waals surface area (Å²) in [5.41, 5.74) is 2.65. The Hall–Kier alpha value is -0.500. The molecular weight excluding hydrogens is 264 g/mol. The van der Waals surface area contributed by atoms with Gasteiger partial charge in [0.1, 0.15) is 5.75 Å². The van der Waals surface area contributed by atoms with E-state index in [1.165, 1.54) is 11.1 Å². The van der Waals surface area contributed by atoms with E-state index >= 15 is 0 Å². The highest BCUT2D eigenvalue weighted by molar-refractivity contribution is 9.09. The average Bonchev–Trinajstić information content (AvgIpc) is 2.27. The Labute approximate surface area is 107 Å². The molecule has 0 bridgehead atoms. The fourth-order valence-electron chi connectivity index (χ4n) is 1.72. The number of benzene rings is 1. The van der Waals surface area contributed by atoms with Crippen LogP contribution in [0.4, 0.5) is 0 Å². The van der Waals surface area contributed by atoms with Crippen LogP contribution in [0.5, 0.6) is 5.75 Å². The van der Waals surface area contributed by atoms with E-state index in [9.17, 15) is 0 Å². The molecule has 0 amide bonds. The van der Waals surface area contributed by atoms with E-state index in [1.807, 2.05) is 0 Å². The molecule has 0 spiro atoms. The zero-order valence-electron chi connectivity index (χ0n) is 10.4. The lowest BCUT2D eigenvalue weighted by Gasteiger charge is -2.16. The summed E-state index contributed by atoms with van der Waals surface area (Å²) in [6.45, 7) is 7.33. The third kappa shape index (κ3) is 3.82. The Balaban J connectivity index is 2.88. The Kier molecular flexibility index (Phi) is 5.89. The lowest BCUT2D eigenvalue weighted by molar-refractivity contribution is 0.312. The molecule has 2 heteroatoms. The summed E-state index contributed by atoms with van der Waals surface area (Å²) in [5.74, 6) is 1.60. The first-order chi connectivity index (χ1) is 7.69. The zero-order chi connectivity index (χ0) is 12.0. The SMILES string of the molecule is CCCOc1ccc(C)cc1C(C)CCBr. The summed E-state index contributed by atoms with van der Waals surface area (Å²) in [6, 6.07) is 6.47. The molecule has 16 heavy (non-hydrogen) atoms. The molecule has 90 valence electrons.